The molecule has 0 aromatic heterocycles. The van der Waals surface area contributed by atoms with Crippen molar-refractivity contribution in [2.45, 2.75) is 17.7 Å². The Morgan fingerprint density at radius 1 is 0.812 bits per heavy atom. The van der Waals surface area contributed by atoms with Gasteiger partial charge in [0.15, 0.2) is 27.8 Å². The highest BCUT2D eigenvalue weighted by molar-refractivity contribution is 6.53. The van der Waals surface area contributed by atoms with E-state index in [4.69, 9.17) is 46.9 Å². The number of hydrogen-bond donors (Lipinski definition) is 1. The molecule has 0 saturated carbocycles. The van der Waals surface area contributed by atoms with Crippen molar-refractivity contribution >= 4 is 35.1 Å². The van der Waals surface area contributed by atoms with Gasteiger partial charge in [-0.2, -0.15) is 0 Å². The Kier molecular flexibility index (Phi) is 9.74. The van der Waals surface area contributed by atoms with Crippen molar-refractivity contribution in [2.75, 3.05) is 35.0 Å². The summed E-state index contributed by atoms with van der Waals surface area (Å²) >= 11 is 10.9. The van der Waals surface area contributed by atoms with Crippen molar-refractivity contribution in [1.82, 2.24) is 5.32 Å². The number of methoxy groups -OCH3 is 4. The topological polar surface area (TPSA) is 92.3 Å². The first-order valence-corrected chi connectivity index (χ1v) is 10.4. The Balaban J connectivity index is 2.12. The van der Waals surface area contributed by atoms with Crippen LogP contribution in [-0.2, 0) is 22.4 Å². The molecule has 2 rings (SSSR count). The van der Waals surface area contributed by atoms with Crippen LogP contribution in [0, 0.1) is 0 Å². The summed E-state index contributed by atoms with van der Waals surface area (Å²) in [5.74, 6) is 0.924. The van der Waals surface area contributed by atoms with Crippen LogP contribution in [0.25, 0.3) is 0 Å². The molecular formula is C22H25Cl2NO7. The lowest BCUT2D eigenvalue weighted by Crippen LogP contribution is -2.35. The number of ether oxygens (including phenoxy) is 5. The lowest BCUT2D eigenvalue weighted by molar-refractivity contribution is -0.135. The molecule has 0 atom stereocenters. The van der Waals surface area contributed by atoms with E-state index >= 15 is 0 Å². The molecule has 0 spiro atoms. The first-order chi connectivity index (χ1) is 15.3. The number of carbonyl (C=O) groups excluding carboxylic acids is 2. The lowest BCUT2D eigenvalue weighted by atomic mass is 10.0. The van der Waals surface area contributed by atoms with Crippen LogP contribution in [0.2, 0.25) is 0 Å². The second-order valence-corrected chi connectivity index (χ2v) is 7.61. The first-order valence-electron chi connectivity index (χ1n) is 9.55. The summed E-state index contributed by atoms with van der Waals surface area (Å²) in [4.78, 5) is 22.2. The fourth-order valence-electron chi connectivity index (χ4n) is 2.92. The summed E-state index contributed by atoms with van der Waals surface area (Å²) in [6.45, 7) is -0.381. The molecule has 1 N–H and O–H groups in total. The van der Waals surface area contributed by atoms with E-state index in [1.807, 2.05) is 18.2 Å². The second-order valence-electron chi connectivity index (χ2n) is 6.51. The molecule has 10 heteroatoms. The van der Waals surface area contributed by atoms with Crippen LogP contribution in [0.1, 0.15) is 11.1 Å². The van der Waals surface area contributed by atoms with E-state index in [-0.39, 0.29) is 12.3 Å². The van der Waals surface area contributed by atoms with E-state index < -0.39 is 16.7 Å². The molecule has 0 bridgehead atoms. The number of nitrogens with one attached hydrogen (secondary N) is 1. The van der Waals surface area contributed by atoms with Gasteiger partial charge in [0, 0.05) is 0 Å². The molecule has 1 amide bonds. The van der Waals surface area contributed by atoms with Crippen LogP contribution >= 0.6 is 23.2 Å². The van der Waals surface area contributed by atoms with Gasteiger partial charge in [-0.3, -0.25) is 4.79 Å². The number of esters is 1. The molecule has 0 fully saturated rings. The fourth-order valence-corrected chi connectivity index (χ4v) is 3.07. The Hall–Kier alpha value is -2.84. The summed E-state index contributed by atoms with van der Waals surface area (Å²) in [5, 5.41) is 2.28. The van der Waals surface area contributed by atoms with Gasteiger partial charge in [-0.25, -0.2) is 4.79 Å². The maximum atomic E-state index is 12.1. The number of rotatable bonds is 11. The van der Waals surface area contributed by atoms with Crippen LogP contribution in [0.5, 0.6) is 28.7 Å². The van der Waals surface area contributed by atoms with Gasteiger partial charge in [-0.15, -0.1) is 0 Å². The second kappa shape index (κ2) is 12.3. The van der Waals surface area contributed by atoms with Gasteiger partial charge in [0.2, 0.25) is 5.75 Å². The smallest absolute Gasteiger partial charge is 0.330 e. The van der Waals surface area contributed by atoms with E-state index in [2.05, 4.69) is 5.32 Å². The average molecular weight is 486 g/mol. The minimum Gasteiger partial charge on any atom is -0.493 e. The molecule has 0 saturated heterocycles. The van der Waals surface area contributed by atoms with E-state index in [1.54, 1.807) is 33.5 Å². The zero-order chi connectivity index (χ0) is 23.7. The Labute approximate surface area is 196 Å². The van der Waals surface area contributed by atoms with Crippen LogP contribution in [0.4, 0.5) is 0 Å². The van der Waals surface area contributed by atoms with Crippen LogP contribution < -0.4 is 29.0 Å². The highest BCUT2D eigenvalue weighted by atomic mass is 35.5. The molecule has 32 heavy (non-hydrogen) atoms. The van der Waals surface area contributed by atoms with Gasteiger partial charge < -0.3 is 29.0 Å². The molecule has 174 valence electrons. The lowest BCUT2D eigenvalue weighted by Gasteiger charge is -2.14. The normalized spacial score (nSPS) is 10.5. The third kappa shape index (κ3) is 6.83. The minimum absolute atomic E-state index is 0.238. The predicted octanol–water partition coefficient (Wildman–Crippen LogP) is 3.33. The van der Waals surface area contributed by atoms with E-state index in [0.717, 1.165) is 11.1 Å². The maximum absolute atomic E-state index is 12.1. The zero-order valence-electron chi connectivity index (χ0n) is 18.2. The summed E-state index contributed by atoms with van der Waals surface area (Å²) in [6, 6.07) is 9.06. The third-order valence-electron chi connectivity index (χ3n) is 4.48. The monoisotopic (exact) mass is 485 g/mol. The largest absolute Gasteiger partial charge is 0.493 e. The van der Waals surface area contributed by atoms with Gasteiger partial charge in [0.1, 0.15) is 6.54 Å². The van der Waals surface area contributed by atoms with Crippen molar-refractivity contribution in [3.8, 4) is 28.7 Å². The van der Waals surface area contributed by atoms with Crippen LogP contribution in [0.15, 0.2) is 30.3 Å². The SMILES string of the molecule is COc1ccc(CCc2cc(OC)c(OC)c(OC)c2)cc1OC(=O)CNC(=O)C(Cl)Cl. The van der Waals surface area contributed by atoms with Gasteiger partial charge in [-0.05, 0) is 48.2 Å². The predicted molar refractivity (Wildman–Crippen MR) is 121 cm³/mol. The van der Waals surface area contributed by atoms with Crippen molar-refractivity contribution in [3.63, 3.8) is 0 Å². The van der Waals surface area contributed by atoms with E-state index in [0.29, 0.717) is 35.8 Å². The molecule has 0 aliphatic heterocycles. The molecular weight excluding hydrogens is 461 g/mol. The molecule has 8 nitrogen and oxygen atoms in total. The zero-order valence-corrected chi connectivity index (χ0v) is 19.7. The van der Waals surface area contributed by atoms with Gasteiger partial charge in [-0.1, -0.05) is 29.3 Å². The summed E-state index contributed by atoms with van der Waals surface area (Å²) in [5.41, 5.74) is 1.89. The summed E-state index contributed by atoms with van der Waals surface area (Å²) in [7, 11) is 6.15. The van der Waals surface area contributed by atoms with Crippen LogP contribution in [0.3, 0.4) is 0 Å². The average Bonchev–Trinajstić information content (AvgIpc) is 2.80. The molecule has 2 aromatic rings. The minimum atomic E-state index is -1.27. The number of benzene rings is 2. The molecule has 0 unspecified atom stereocenters. The number of amides is 1. The first kappa shape index (κ1) is 25.4. The molecule has 2 aromatic carbocycles. The number of hydrogen-bond acceptors (Lipinski definition) is 7. The summed E-state index contributed by atoms with van der Waals surface area (Å²) in [6.07, 6.45) is 1.31. The van der Waals surface area contributed by atoms with Crippen molar-refractivity contribution < 1.29 is 33.3 Å². The standard InChI is InChI=1S/C22H25Cl2NO7/c1-28-15-8-7-13(9-16(15)32-19(26)12-25-22(27)21(23)24)5-6-14-10-17(29-2)20(31-4)18(11-14)30-3/h7-11,21H,5-6,12H2,1-4H3,(H,25,27). The van der Waals surface area contributed by atoms with Crippen molar-refractivity contribution in [2.24, 2.45) is 0 Å². The Bertz CT molecular complexity index is 925. The van der Waals surface area contributed by atoms with Crippen molar-refractivity contribution in [1.29, 1.82) is 0 Å². The van der Waals surface area contributed by atoms with Crippen molar-refractivity contribution in [3.05, 3.63) is 41.5 Å². The van der Waals surface area contributed by atoms with E-state index in [9.17, 15) is 9.59 Å². The number of alkyl halides is 2. The fraction of sp³-hybridized carbons (Fsp3) is 0.364. The number of halogens is 2. The highest BCUT2D eigenvalue weighted by Gasteiger charge is 2.16. The maximum Gasteiger partial charge on any atom is 0.330 e. The molecule has 0 heterocycles. The third-order valence-corrected chi connectivity index (χ3v) is 4.88. The Morgan fingerprint density at radius 3 is 1.91 bits per heavy atom. The highest BCUT2D eigenvalue weighted by Crippen LogP contribution is 2.38. The molecule has 0 aliphatic carbocycles. The summed E-state index contributed by atoms with van der Waals surface area (Å²) < 4.78 is 26.7. The number of carbonyl (C=O) groups is 2. The van der Waals surface area contributed by atoms with E-state index in [1.165, 1.54) is 7.11 Å². The molecule has 0 aliphatic rings. The van der Waals surface area contributed by atoms with Crippen LogP contribution in [-0.4, -0.2) is 51.7 Å². The quantitative estimate of drug-likeness (QED) is 0.296. The molecule has 0 radical (unpaired) electrons. The van der Waals surface area contributed by atoms with Gasteiger partial charge in [0.25, 0.3) is 5.91 Å². The number of aryl methyl sites for hydroxylation is 2. The van der Waals surface area contributed by atoms with Gasteiger partial charge in [0.05, 0.1) is 28.4 Å². The Morgan fingerprint density at radius 2 is 1.38 bits per heavy atom. The van der Waals surface area contributed by atoms with Gasteiger partial charge >= 0.3 is 5.97 Å².